The predicted molar refractivity (Wildman–Crippen MR) is 90.5 cm³/mol. The molecule has 0 aliphatic rings. The summed E-state index contributed by atoms with van der Waals surface area (Å²) >= 11 is 9.55. The number of halogens is 2. The van der Waals surface area contributed by atoms with Crippen molar-refractivity contribution < 1.29 is 9.84 Å². The fourth-order valence-electron chi connectivity index (χ4n) is 2.24. The molecular formula is C16H17BrClNO2. The fraction of sp³-hybridized carbons (Fsp3) is 0.250. The van der Waals surface area contributed by atoms with Crippen LogP contribution in [0.1, 0.15) is 24.9 Å². The van der Waals surface area contributed by atoms with E-state index in [0.29, 0.717) is 10.8 Å². The number of phenolic OH excluding ortho intramolecular Hbond substituents is 1. The van der Waals surface area contributed by atoms with E-state index in [4.69, 9.17) is 16.3 Å². The van der Waals surface area contributed by atoms with Gasteiger partial charge < -0.3 is 15.2 Å². The van der Waals surface area contributed by atoms with Crippen LogP contribution in [0, 0.1) is 0 Å². The Morgan fingerprint density at radius 3 is 2.67 bits per heavy atom. The topological polar surface area (TPSA) is 41.5 Å². The summed E-state index contributed by atoms with van der Waals surface area (Å²) in [6, 6.07) is 10.9. The first-order chi connectivity index (χ1) is 10.1. The van der Waals surface area contributed by atoms with Gasteiger partial charge in [0.05, 0.1) is 23.3 Å². The van der Waals surface area contributed by atoms with Crippen LogP contribution in [-0.2, 0) is 0 Å². The first-order valence-electron chi connectivity index (χ1n) is 6.64. The first-order valence-corrected chi connectivity index (χ1v) is 7.81. The van der Waals surface area contributed by atoms with Crippen molar-refractivity contribution >= 4 is 33.2 Å². The van der Waals surface area contributed by atoms with Crippen molar-refractivity contribution in [1.82, 2.24) is 0 Å². The van der Waals surface area contributed by atoms with E-state index in [2.05, 4.69) is 28.2 Å². The number of para-hydroxylation sites is 1. The SMILES string of the molecule is CCC(Nc1cc(Cl)cc(Br)c1OC)c1ccccc1O. The molecule has 0 spiro atoms. The molecule has 0 amide bonds. The summed E-state index contributed by atoms with van der Waals surface area (Å²) in [5.41, 5.74) is 1.63. The molecule has 0 aliphatic heterocycles. The van der Waals surface area contributed by atoms with Gasteiger partial charge in [-0.2, -0.15) is 0 Å². The molecule has 2 rings (SSSR count). The Labute approximate surface area is 138 Å². The number of aromatic hydroxyl groups is 1. The Morgan fingerprint density at radius 2 is 2.05 bits per heavy atom. The number of methoxy groups -OCH3 is 1. The van der Waals surface area contributed by atoms with Crippen molar-refractivity contribution in [2.45, 2.75) is 19.4 Å². The van der Waals surface area contributed by atoms with E-state index in [0.717, 1.165) is 22.1 Å². The van der Waals surface area contributed by atoms with Gasteiger partial charge in [-0.05, 0) is 40.5 Å². The average Bonchev–Trinajstić information content (AvgIpc) is 2.45. The molecule has 1 atom stereocenters. The first kappa shape index (κ1) is 16.0. The van der Waals surface area contributed by atoms with Gasteiger partial charge in [0.1, 0.15) is 5.75 Å². The zero-order chi connectivity index (χ0) is 15.4. The summed E-state index contributed by atoms with van der Waals surface area (Å²) in [7, 11) is 1.61. The lowest BCUT2D eigenvalue weighted by atomic mass is 10.0. The molecule has 21 heavy (non-hydrogen) atoms. The van der Waals surface area contributed by atoms with E-state index in [1.54, 1.807) is 19.2 Å². The van der Waals surface area contributed by atoms with E-state index in [1.807, 2.05) is 24.3 Å². The fourth-order valence-corrected chi connectivity index (χ4v) is 3.22. The Kier molecular flexibility index (Phi) is 5.37. The molecule has 112 valence electrons. The maximum absolute atomic E-state index is 10.0. The van der Waals surface area contributed by atoms with Crippen LogP contribution in [0.5, 0.6) is 11.5 Å². The number of benzene rings is 2. The van der Waals surface area contributed by atoms with Gasteiger partial charge in [-0.15, -0.1) is 0 Å². The van der Waals surface area contributed by atoms with Gasteiger partial charge in [-0.25, -0.2) is 0 Å². The Bertz CT molecular complexity index is 634. The standard InChI is InChI=1S/C16H17BrClNO2/c1-3-13(11-6-4-5-7-15(11)20)19-14-9-10(18)8-12(17)16(14)21-2/h4-9,13,19-20H,3H2,1-2H3. The average molecular weight is 371 g/mol. The normalized spacial score (nSPS) is 12.0. The van der Waals surface area contributed by atoms with Crippen LogP contribution in [0.3, 0.4) is 0 Å². The van der Waals surface area contributed by atoms with Crippen LogP contribution in [0.25, 0.3) is 0 Å². The molecule has 5 heteroatoms. The van der Waals surface area contributed by atoms with Crippen LogP contribution < -0.4 is 10.1 Å². The highest BCUT2D eigenvalue weighted by atomic mass is 79.9. The number of anilines is 1. The Hall–Kier alpha value is -1.39. The van der Waals surface area contributed by atoms with Gasteiger partial charge in [0.2, 0.25) is 0 Å². The minimum atomic E-state index is -0.0366. The number of hydrogen-bond donors (Lipinski definition) is 2. The third-order valence-electron chi connectivity index (χ3n) is 3.26. The molecule has 0 radical (unpaired) electrons. The zero-order valence-electron chi connectivity index (χ0n) is 11.9. The maximum Gasteiger partial charge on any atom is 0.156 e. The highest BCUT2D eigenvalue weighted by molar-refractivity contribution is 9.10. The maximum atomic E-state index is 10.0. The third kappa shape index (κ3) is 3.63. The second-order valence-corrected chi connectivity index (χ2v) is 5.92. The van der Waals surface area contributed by atoms with E-state index in [-0.39, 0.29) is 11.8 Å². The minimum Gasteiger partial charge on any atom is -0.508 e. The number of ether oxygens (including phenoxy) is 1. The summed E-state index contributed by atoms with van der Waals surface area (Å²) in [4.78, 5) is 0. The quantitative estimate of drug-likeness (QED) is 0.742. The lowest BCUT2D eigenvalue weighted by Crippen LogP contribution is -2.11. The molecule has 2 N–H and O–H groups in total. The summed E-state index contributed by atoms with van der Waals surface area (Å²) in [5, 5.41) is 14.0. The summed E-state index contributed by atoms with van der Waals surface area (Å²) in [6.07, 6.45) is 0.810. The molecule has 0 bridgehead atoms. The molecule has 2 aromatic rings. The van der Waals surface area contributed by atoms with Crippen molar-refractivity contribution in [1.29, 1.82) is 0 Å². The zero-order valence-corrected chi connectivity index (χ0v) is 14.2. The van der Waals surface area contributed by atoms with Crippen LogP contribution in [0.2, 0.25) is 5.02 Å². The molecule has 2 aromatic carbocycles. The van der Waals surface area contributed by atoms with E-state index in [1.165, 1.54) is 0 Å². The second-order valence-electron chi connectivity index (χ2n) is 4.63. The molecule has 3 nitrogen and oxygen atoms in total. The minimum absolute atomic E-state index is 0.0366. The monoisotopic (exact) mass is 369 g/mol. The number of hydrogen-bond acceptors (Lipinski definition) is 3. The van der Waals surface area contributed by atoms with Gasteiger partial charge in [0.15, 0.2) is 5.75 Å². The smallest absolute Gasteiger partial charge is 0.156 e. The summed E-state index contributed by atoms with van der Waals surface area (Å²) < 4.78 is 6.20. The molecule has 0 heterocycles. The summed E-state index contributed by atoms with van der Waals surface area (Å²) in [6.45, 7) is 2.05. The van der Waals surface area contributed by atoms with Crippen LogP contribution in [0.4, 0.5) is 5.69 Å². The largest absolute Gasteiger partial charge is 0.508 e. The lowest BCUT2D eigenvalue weighted by Gasteiger charge is -2.22. The lowest BCUT2D eigenvalue weighted by molar-refractivity contribution is 0.413. The molecule has 1 unspecified atom stereocenters. The Balaban J connectivity index is 2.38. The number of rotatable bonds is 5. The van der Waals surface area contributed by atoms with E-state index < -0.39 is 0 Å². The number of nitrogens with one attached hydrogen (secondary N) is 1. The van der Waals surface area contributed by atoms with Gasteiger partial charge in [0.25, 0.3) is 0 Å². The third-order valence-corrected chi connectivity index (χ3v) is 4.07. The van der Waals surface area contributed by atoms with E-state index >= 15 is 0 Å². The molecule has 0 saturated heterocycles. The molecule has 0 saturated carbocycles. The number of phenols is 1. The van der Waals surface area contributed by atoms with Crippen LogP contribution >= 0.6 is 27.5 Å². The molecule has 0 fully saturated rings. The van der Waals surface area contributed by atoms with Crippen molar-refractivity contribution in [3.63, 3.8) is 0 Å². The molecule has 0 aromatic heterocycles. The Morgan fingerprint density at radius 1 is 1.33 bits per heavy atom. The predicted octanol–water partition coefficient (Wildman–Crippen LogP) is 5.38. The van der Waals surface area contributed by atoms with Gasteiger partial charge in [-0.3, -0.25) is 0 Å². The van der Waals surface area contributed by atoms with Crippen molar-refractivity contribution in [2.24, 2.45) is 0 Å². The highest BCUT2D eigenvalue weighted by Crippen LogP contribution is 2.39. The van der Waals surface area contributed by atoms with Crippen molar-refractivity contribution in [3.8, 4) is 11.5 Å². The second kappa shape index (κ2) is 7.05. The summed E-state index contributed by atoms with van der Waals surface area (Å²) in [5.74, 6) is 0.963. The van der Waals surface area contributed by atoms with E-state index in [9.17, 15) is 5.11 Å². The molecular weight excluding hydrogens is 354 g/mol. The van der Waals surface area contributed by atoms with Gasteiger partial charge in [-0.1, -0.05) is 36.7 Å². The van der Waals surface area contributed by atoms with Crippen molar-refractivity contribution in [3.05, 3.63) is 51.5 Å². The van der Waals surface area contributed by atoms with Gasteiger partial charge >= 0.3 is 0 Å². The highest BCUT2D eigenvalue weighted by Gasteiger charge is 2.17. The molecule has 0 aliphatic carbocycles. The van der Waals surface area contributed by atoms with Crippen LogP contribution in [-0.4, -0.2) is 12.2 Å². The van der Waals surface area contributed by atoms with Crippen LogP contribution in [0.15, 0.2) is 40.9 Å². The van der Waals surface area contributed by atoms with Crippen molar-refractivity contribution in [2.75, 3.05) is 12.4 Å². The van der Waals surface area contributed by atoms with Gasteiger partial charge in [0, 0.05) is 10.6 Å².